The van der Waals surface area contributed by atoms with Crippen LogP contribution in [0.25, 0.3) is 0 Å². The van der Waals surface area contributed by atoms with E-state index in [1.54, 1.807) is 0 Å². The fraction of sp³-hybridized carbons (Fsp3) is 0.400. The zero-order valence-corrected chi connectivity index (χ0v) is 9.91. The van der Waals surface area contributed by atoms with Gasteiger partial charge in [-0.1, -0.05) is 13.8 Å². The van der Waals surface area contributed by atoms with E-state index in [4.69, 9.17) is 15.0 Å². The Bertz CT molecular complexity index is 468. The maximum Gasteiger partial charge on any atom is 0.298 e. The van der Waals surface area contributed by atoms with Gasteiger partial charge in [0.15, 0.2) is 0 Å². The minimum absolute atomic E-state index is 0.00419. The molecule has 0 atom stereocenters. The van der Waals surface area contributed by atoms with Gasteiger partial charge in [0.2, 0.25) is 0 Å². The predicted octanol–water partition coefficient (Wildman–Crippen LogP) is 1.88. The normalized spacial score (nSPS) is 11.8. The van der Waals surface area contributed by atoms with Crippen LogP contribution in [0.3, 0.4) is 0 Å². The van der Waals surface area contributed by atoms with Crippen LogP contribution in [-0.2, 0) is 10.1 Å². The molecule has 0 saturated heterocycles. The molecule has 1 aromatic carbocycles. The molecule has 0 aliphatic heterocycles. The first-order valence-corrected chi connectivity index (χ1v) is 6.20. The van der Waals surface area contributed by atoms with Crippen LogP contribution < -0.4 is 10.5 Å². The van der Waals surface area contributed by atoms with Crippen LogP contribution >= 0.6 is 0 Å². The third kappa shape index (κ3) is 3.39. The van der Waals surface area contributed by atoms with E-state index in [2.05, 4.69) is 0 Å². The number of benzene rings is 1. The summed E-state index contributed by atoms with van der Waals surface area (Å²) in [4.78, 5) is -0.361. The molecule has 0 spiro atoms. The molecular weight excluding hydrogens is 230 g/mol. The molecule has 6 heteroatoms. The Hall–Kier alpha value is -1.27. The highest BCUT2D eigenvalue weighted by Gasteiger charge is 2.17. The first-order valence-electron chi connectivity index (χ1n) is 4.76. The van der Waals surface area contributed by atoms with E-state index >= 15 is 0 Å². The zero-order valence-electron chi connectivity index (χ0n) is 9.10. The number of nitrogens with one attached hydrogen (secondary N) is 1. The molecule has 5 nitrogen and oxygen atoms in total. The molecule has 0 unspecified atom stereocenters. The molecule has 0 saturated carbocycles. The van der Waals surface area contributed by atoms with Crippen molar-refractivity contribution >= 4 is 15.8 Å². The van der Waals surface area contributed by atoms with Crippen molar-refractivity contribution in [1.82, 2.24) is 5.73 Å². The van der Waals surface area contributed by atoms with E-state index in [1.165, 1.54) is 12.1 Å². The molecule has 16 heavy (non-hydrogen) atoms. The van der Waals surface area contributed by atoms with Gasteiger partial charge in [0, 0.05) is 0 Å². The van der Waals surface area contributed by atoms with Gasteiger partial charge >= 0.3 is 0 Å². The summed E-state index contributed by atoms with van der Waals surface area (Å²) in [7, 11) is -4.35. The molecule has 0 fully saturated rings. The summed E-state index contributed by atoms with van der Waals surface area (Å²) >= 11 is 0. The lowest BCUT2D eigenvalue weighted by Crippen LogP contribution is -2.08. The molecule has 0 aliphatic carbocycles. The van der Waals surface area contributed by atoms with E-state index in [9.17, 15) is 8.42 Å². The first kappa shape index (κ1) is 12.8. The Balaban J connectivity index is 3.09. The third-order valence-corrected chi connectivity index (χ3v) is 2.67. The van der Waals surface area contributed by atoms with Crippen molar-refractivity contribution in [2.45, 2.75) is 18.7 Å². The molecule has 2 N–H and O–H groups in total. The topological polar surface area (TPSA) is 87.4 Å². The van der Waals surface area contributed by atoms with Gasteiger partial charge in [-0.25, -0.2) is 0 Å². The summed E-state index contributed by atoms with van der Waals surface area (Å²) < 4.78 is 36.3. The fourth-order valence-electron chi connectivity index (χ4n) is 1.09. The summed E-state index contributed by atoms with van der Waals surface area (Å²) in [6.07, 6.45) is 0. The Morgan fingerprint density at radius 1 is 1.44 bits per heavy atom. The molecule has 0 amide bonds. The van der Waals surface area contributed by atoms with Crippen LogP contribution in [0.4, 0.5) is 5.69 Å². The fourth-order valence-corrected chi connectivity index (χ4v) is 1.74. The van der Waals surface area contributed by atoms with Crippen molar-refractivity contribution in [3.05, 3.63) is 18.2 Å². The van der Waals surface area contributed by atoms with Gasteiger partial charge in [0.05, 0.1) is 12.3 Å². The molecule has 89 valence electrons. The van der Waals surface area contributed by atoms with E-state index < -0.39 is 10.1 Å². The van der Waals surface area contributed by atoms with Crippen LogP contribution in [0.2, 0.25) is 0 Å². The quantitative estimate of drug-likeness (QED) is 0.819. The molecule has 0 aromatic heterocycles. The lowest BCUT2D eigenvalue weighted by Gasteiger charge is -2.11. The summed E-state index contributed by atoms with van der Waals surface area (Å²) in [6.45, 7) is 4.19. The van der Waals surface area contributed by atoms with Gasteiger partial charge in [0.25, 0.3) is 10.1 Å². The highest BCUT2D eigenvalue weighted by molar-refractivity contribution is 7.86. The predicted molar refractivity (Wildman–Crippen MR) is 59.3 cm³/mol. The second-order valence-corrected chi connectivity index (χ2v) is 5.23. The van der Waals surface area contributed by atoms with Gasteiger partial charge in [-0.05, 0) is 24.1 Å². The lowest BCUT2D eigenvalue weighted by atomic mass is 10.2. The molecule has 0 aliphatic rings. The molecule has 1 rings (SSSR count). The average molecular weight is 244 g/mol. The number of hydrogen-bond acceptors (Lipinski definition) is 3. The SMILES string of the molecule is CC(C)COc1ccc([NH])cc1S(=O)(=O)O. The van der Waals surface area contributed by atoms with Crippen LogP contribution in [0, 0.1) is 5.92 Å². The third-order valence-electron chi connectivity index (χ3n) is 1.79. The maximum absolute atomic E-state index is 11.0. The highest BCUT2D eigenvalue weighted by atomic mass is 32.2. The van der Waals surface area contributed by atoms with Crippen molar-refractivity contribution < 1.29 is 17.7 Å². The molecule has 1 aromatic rings. The Labute approximate surface area is 95.0 Å². The zero-order chi connectivity index (χ0) is 12.3. The minimum Gasteiger partial charge on any atom is -0.492 e. The van der Waals surface area contributed by atoms with Gasteiger partial charge in [-0.2, -0.15) is 8.42 Å². The van der Waals surface area contributed by atoms with Gasteiger partial charge in [0.1, 0.15) is 10.6 Å². The molecule has 0 heterocycles. The monoisotopic (exact) mass is 244 g/mol. The van der Waals surface area contributed by atoms with Gasteiger partial charge in [-0.3, -0.25) is 4.55 Å². The molecule has 1 radical (unpaired) electrons. The van der Waals surface area contributed by atoms with Crippen LogP contribution in [0.1, 0.15) is 13.8 Å². The van der Waals surface area contributed by atoms with Crippen LogP contribution in [-0.4, -0.2) is 19.6 Å². The van der Waals surface area contributed by atoms with Crippen molar-refractivity contribution in [2.75, 3.05) is 6.61 Å². The van der Waals surface area contributed by atoms with E-state index in [0.717, 1.165) is 6.07 Å². The molecule has 0 bridgehead atoms. The molecular formula is C10H14NO4S. The summed E-state index contributed by atoms with van der Waals surface area (Å²) in [5, 5.41) is 0. The van der Waals surface area contributed by atoms with Crippen molar-refractivity contribution in [3.8, 4) is 5.75 Å². The Kier molecular flexibility index (Phi) is 3.77. The average Bonchev–Trinajstić information content (AvgIpc) is 2.14. The second-order valence-electron chi connectivity index (χ2n) is 3.84. The number of ether oxygens (including phenoxy) is 1. The second kappa shape index (κ2) is 4.71. The van der Waals surface area contributed by atoms with Crippen LogP contribution in [0.15, 0.2) is 23.1 Å². The lowest BCUT2D eigenvalue weighted by molar-refractivity contribution is 0.264. The number of hydrogen-bond donors (Lipinski definition) is 1. The number of rotatable bonds is 4. The first-order chi connectivity index (χ1) is 7.30. The Morgan fingerprint density at radius 3 is 2.56 bits per heavy atom. The van der Waals surface area contributed by atoms with Crippen molar-refractivity contribution in [1.29, 1.82) is 0 Å². The van der Waals surface area contributed by atoms with Crippen LogP contribution in [0.5, 0.6) is 5.75 Å². The summed E-state index contributed by atoms with van der Waals surface area (Å²) in [5.41, 5.74) is 7.30. The Morgan fingerprint density at radius 2 is 2.06 bits per heavy atom. The van der Waals surface area contributed by atoms with E-state index in [-0.39, 0.29) is 22.3 Å². The minimum atomic E-state index is -4.35. The largest absolute Gasteiger partial charge is 0.492 e. The summed E-state index contributed by atoms with van der Waals surface area (Å²) in [6, 6.07) is 3.84. The van der Waals surface area contributed by atoms with Crippen molar-refractivity contribution in [3.63, 3.8) is 0 Å². The van der Waals surface area contributed by atoms with Gasteiger partial charge < -0.3 is 10.5 Å². The maximum atomic E-state index is 11.0. The standard InChI is InChI=1S/C10H14NO4S/c1-7(2)6-15-9-4-3-8(11)5-10(9)16(12,13)14/h3-5,7,11H,6H2,1-2H3,(H,12,13,14). The van der Waals surface area contributed by atoms with E-state index in [1.807, 2.05) is 13.8 Å². The van der Waals surface area contributed by atoms with E-state index in [0.29, 0.717) is 6.61 Å². The van der Waals surface area contributed by atoms with Gasteiger partial charge in [-0.15, -0.1) is 0 Å². The van der Waals surface area contributed by atoms with Crippen molar-refractivity contribution in [2.24, 2.45) is 5.92 Å². The smallest absolute Gasteiger partial charge is 0.298 e. The highest BCUT2D eigenvalue weighted by Crippen LogP contribution is 2.26. The summed E-state index contributed by atoms with van der Waals surface area (Å²) in [5.74, 6) is 0.317.